The highest BCUT2D eigenvalue weighted by Crippen LogP contribution is 2.24. The predicted octanol–water partition coefficient (Wildman–Crippen LogP) is 1.43. The minimum atomic E-state index is -0.281. The number of pyridine rings is 1. The maximum atomic E-state index is 11.8. The lowest BCUT2D eigenvalue weighted by Crippen LogP contribution is -2.35. The summed E-state index contributed by atoms with van der Waals surface area (Å²) in [5, 5.41) is 15.2. The second-order valence-electron chi connectivity index (χ2n) is 5.39. The summed E-state index contributed by atoms with van der Waals surface area (Å²) >= 11 is 0. The van der Waals surface area contributed by atoms with Crippen molar-refractivity contribution in [2.75, 3.05) is 30.9 Å². The molecule has 0 bridgehead atoms. The van der Waals surface area contributed by atoms with E-state index >= 15 is 0 Å². The molecule has 2 unspecified atom stereocenters. The Kier molecular flexibility index (Phi) is 4.79. The molecule has 1 aliphatic rings. The summed E-state index contributed by atoms with van der Waals surface area (Å²) in [7, 11) is 3.82. The first kappa shape index (κ1) is 14.6. The summed E-state index contributed by atoms with van der Waals surface area (Å²) in [5.41, 5.74) is 0.653. The first-order valence-corrected chi connectivity index (χ1v) is 6.92. The molecule has 0 aliphatic heterocycles. The van der Waals surface area contributed by atoms with Gasteiger partial charge in [0, 0.05) is 26.6 Å². The summed E-state index contributed by atoms with van der Waals surface area (Å²) in [6.07, 6.45) is 4.19. The molecule has 1 aromatic rings. The Morgan fingerprint density at radius 1 is 1.45 bits per heavy atom. The third-order valence-corrected chi connectivity index (χ3v) is 3.61. The van der Waals surface area contributed by atoms with Gasteiger partial charge in [-0.2, -0.15) is 0 Å². The van der Waals surface area contributed by atoms with Gasteiger partial charge in [0.25, 0.3) is 0 Å². The molecule has 1 fully saturated rings. The third kappa shape index (κ3) is 3.84. The zero-order valence-electron chi connectivity index (χ0n) is 12.0. The Balaban J connectivity index is 1.79. The SMILES string of the molecule is CN(C)c1ccc(NC(=O)NCC2CCCC2O)cn1. The molecule has 1 saturated carbocycles. The number of urea groups is 1. The maximum Gasteiger partial charge on any atom is 0.319 e. The van der Waals surface area contributed by atoms with E-state index in [0.717, 1.165) is 25.1 Å². The van der Waals surface area contributed by atoms with Crippen molar-refractivity contribution in [1.82, 2.24) is 10.3 Å². The van der Waals surface area contributed by atoms with E-state index in [2.05, 4.69) is 15.6 Å². The molecule has 1 aliphatic carbocycles. The number of amides is 2. The molecule has 6 heteroatoms. The van der Waals surface area contributed by atoms with Crippen LogP contribution in [0.2, 0.25) is 0 Å². The first-order chi connectivity index (χ1) is 9.56. The van der Waals surface area contributed by atoms with Gasteiger partial charge in [0.2, 0.25) is 0 Å². The standard InChI is InChI=1S/C14H22N4O2/c1-18(2)13-7-6-11(9-15-13)17-14(20)16-8-10-4-3-5-12(10)19/h6-7,9-10,12,19H,3-5,8H2,1-2H3,(H2,16,17,20). The fourth-order valence-electron chi connectivity index (χ4n) is 2.38. The van der Waals surface area contributed by atoms with Gasteiger partial charge in [-0.05, 0) is 25.0 Å². The van der Waals surface area contributed by atoms with Gasteiger partial charge in [-0.25, -0.2) is 9.78 Å². The lowest BCUT2D eigenvalue weighted by Gasteiger charge is -2.15. The van der Waals surface area contributed by atoms with E-state index in [4.69, 9.17) is 0 Å². The second kappa shape index (κ2) is 6.56. The van der Waals surface area contributed by atoms with E-state index in [9.17, 15) is 9.90 Å². The Hall–Kier alpha value is -1.82. The third-order valence-electron chi connectivity index (χ3n) is 3.61. The topological polar surface area (TPSA) is 77.5 Å². The molecule has 110 valence electrons. The molecule has 1 aromatic heterocycles. The lowest BCUT2D eigenvalue weighted by atomic mass is 10.1. The zero-order valence-corrected chi connectivity index (χ0v) is 12.0. The normalized spacial score (nSPS) is 21.6. The Labute approximate surface area is 119 Å². The number of hydrogen-bond acceptors (Lipinski definition) is 4. The van der Waals surface area contributed by atoms with Crippen molar-refractivity contribution < 1.29 is 9.90 Å². The van der Waals surface area contributed by atoms with Gasteiger partial charge in [0.05, 0.1) is 18.0 Å². The van der Waals surface area contributed by atoms with Gasteiger partial charge < -0.3 is 20.6 Å². The van der Waals surface area contributed by atoms with Crippen LogP contribution in [0.25, 0.3) is 0 Å². The Morgan fingerprint density at radius 3 is 2.80 bits per heavy atom. The Bertz CT molecular complexity index is 447. The predicted molar refractivity (Wildman–Crippen MR) is 78.9 cm³/mol. The van der Waals surface area contributed by atoms with Gasteiger partial charge in [-0.1, -0.05) is 6.42 Å². The zero-order chi connectivity index (χ0) is 14.5. The fourth-order valence-corrected chi connectivity index (χ4v) is 2.38. The highest BCUT2D eigenvalue weighted by atomic mass is 16.3. The van der Waals surface area contributed by atoms with Crippen molar-refractivity contribution in [2.45, 2.75) is 25.4 Å². The minimum absolute atomic E-state index is 0.176. The largest absolute Gasteiger partial charge is 0.393 e. The first-order valence-electron chi connectivity index (χ1n) is 6.92. The lowest BCUT2D eigenvalue weighted by molar-refractivity contribution is 0.133. The average Bonchev–Trinajstić information content (AvgIpc) is 2.82. The summed E-state index contributed by atoms with van der Waals surface area (Å²) in [5.74, 6) is 1.01. The summed E-state index contributed by atoms with van der Waals surface area (Å²) in [6, 6.07) is 3.39. The van der Waals surface area contributed by atoms with E-state index in [0.29, 0.717) is 12.2 Å². The van der Waals surface area contributed by atoms with Crippen LogP contribution in [0.15, 0.2) is 18.3 Å². The maximum absolute atomic E-state index is 11.8. The molecule has 0 radical (unpaired) electrons. The van der Waals surface area contributed by atoms with Crippen molar-refractivity contribution in [1.29, 1.82) is 0 Å². The van der Waals surface area contributed by atoms with Gasteiger partial charge in [-0.3, -0.25) is 0 Å². The fraction of sp³-hybridized carbons (Fsp3) is 0.571. The van der Waals surface area contributed by atoms with Crippen LogP contribution in [0.3, 0.4) is 0 Å². The van der Waals surface area contributed by atoms with Crippen LogP contribution in [0.1, 0.15) is 19.3 Å². The number of carbonyl (C=O) groups excluding carboxylic acids is 1. The Morgan fingerprint density at radius 2 is 2.25 bits per heavy atom. The van der Waals surface area contributed by atoms with Crippen LogP contribution >= 0.6 is 0 Å². The van der Waals surface area contributed by atoms with Gasteiger partial charge >= 0.3 is 6.03 Å². The van der Waals surface area contributed by atoms with Crippen molar-refractivity contribution in [2.24, 2.45) is 5.92 Å². The van der Waals surface area contributed by atoms with Crippen LogP contribution in [0.4, 0.5) is 16.3 Å². The van der Waals surface area contributed by atoms with Gasteiger partial charge in [-0.15, -0.1) is 0 Å². The van der Waals surface area contributed by atoms with Crippen LogP contribution in [-0.2, 0) is 0 Å². The highest BCUT2D eigenvalue weighted by Gasteiger charge is 2.25. The molecule has 0 saturated heterocycles. The van der Waals surface area contributed by atoms with Crippen molar-refractivity contribution in [3.63, 3.8) is 0 Å². The second-order valence-corrected chi connectivity index (χ2v) is 5.39. The van der Waals surface area contributed by atoms with E-state index < -0.39 is 0 Å². The van der Waals surface area contributed by atoms with E-state index in [1.165, 1.54) is 0 Å². The highest BCUT2D eigenvalue weighted by molar-refractivity contribution is 5.89. The molecule has 0 aromatic carbocycles. The molecule has 20 heavy (non-hydrogen) atoms. The number of nitrogens with one attached hydrogen (secondary N) is 2. The van der Waals surface area contributed by atoms with Crippen molar-refractivity contribution in [3.05, 3.63) is 18.3 Å². The molecule has 3 N–H and O–H groups in total. The number of nitrogens with zero attached hydrogens (tertiary/aromatic N) is 2. The minimum Gasteiger partial charge on any atom is -0.393 e. The molecule has 1 heterocycles. The van der Waals surface area contributed by atoms with E-state index in [-0.39, 0.29) is 18.1 Å². The number of aliphatic hydroxyl groups is 1. The number of rotatable bonds is 4. The van der Waals surface area contributed by atoms with Crippen LogP contribution in [-0.4, -0.2) is 42.9 Å². The monoisotopic (exact) mass is 278 g/mol. The van der Waals surface area contributed by atoms with Crippen LogP contribution in [0.5, 0.6) is 0 Å². The van der Waals surface area contributed by atoms with E-state index in [1.807, 2.05) is 31.1 Å². The number of carbonyl (C=O) groups is 1. The van der Waals surface area contributed by atoms with Crippen molar-refractivity contribution >= 4 is 17.5 Å². The molecular weight excluding hydrogens is 256 g/mol. The van der Waals surface area contributed by atoms with Crippen LogP contribution < -0.4 is 15.5 Å². The number of anilines is 2. The molecule has 6 nitrogen and oxygen atoms in total. The number of aromatic nitrogens is 1. The number of hydrogen-bond donors (Lipinski definition) is 3. The molecular formula is C14H22N4O2. The summed E-state index contributed by atoms with van der Waals surface area (Å²) in [4.78, 5) is 17.9. The van der Waals surface area contributed by atoms with Crippen LogP contribution in [0, 0.1) is 5.92 Å². The van der Waals surface area contributed by atoms with Gasteiger partial charge in [0.1, 0.15) is 5.82 Å². The molecule has 2 atom stereocenters. The van der Waals surface area contributed by atoms with E-state index in [1.54, 1.807) is 6.20 Å². The van der Waals surface area contributed by atoms with Gasteiger partial charge in [0.15, 0.2) is 0 Å². The number of aliphatic hydroxyl groups excluding tert-OH is 1. The smallest absolute Gasteiger partial charge is 0.319 e. The van der Waals surface area contributed by atoms with Crippen molar-refractivity contribution in [3.8, 4) is 0 Å². The molecule has 0 spiro atoms. The quantitative estimate of drug-likeness (QED) is 0.778. The molecule has 2 rings (SSSR count). The molecule has 2 amide bonds. The average molecular weight is 278 g/mol. The summed E-state index contributed by atoms with van der Waals surface area (Å²) < 4.78 is 0. The summed E-state index contributed by atoms with van der Waals surface area (Å²) in [6.45, 7) is 0.510.